The van der Waals surface area contributed by atoms with Crippen LogP contribution < -0.4 is 5.73 Å². The number of nitrogens with zero attached hydrogens (tertiary/aromatic N) is 2. The lowest BCUT2D eigenvalue weighted by Gasteiger charge is -1.99. The Morgan fingerprint density at radius 2 is 2.20 bits per heavy atom. The van der Waals surface area contributed by atoms with Crippen LogP contribution in [-0.2, 0) is 6.54 Å². The van der Waals surface area contributed by atoms with Crippen LogP contribution in [0, 0.1) is 0 Å². The molecule has 1 heterocycles. The van der Waals surface area contributed by atoms with Crippen LogP contribution in [0.25, 0.3) is 0 Å². The predicted octanol–water partition coefficient (Wildman–Crippen LogP) is 0.326. The van der Waals surface area contributed by atoms with Gasteiger partial charge in [0.15, 0.2) is 5.69 Å². The Balaban J connectivity index is 2.48. The number of aromatic nitrogens is 2. The lowest BCUT2D eigenvalue weighted by Crippen LogP contribution is -2.04. The summed E-state index contributed by atoms with van der Waals surface area (Å²) in [6.07, 6.45) is 4.00. The standard InChI is InChI=1S/C9H15N3O3/c10-7-6-12(4-2-1-3-5-13)11-8(7)9(14)15/h6,13H,1-5,10H2,(H,14,15). The molecule has 0 fully saturated rings. The third kappa shape index (κ3) is 3.25. The van der Waals surface area contributed by atoms with Gasteiger partial charge in [0.2, 0.25) is 0 Å². The largest absolute Gasteiger partial charge is 0.476 e. The summed E-state index contributed by atoms with van der Waals surface area (Å²) >= 11 is 0. The zero-order valence-electron chi connectivity index (χ0n) is 8.39. The predicted molar refractivity (Wildman–Crippen MR) is 54.5 cm³/mol. The number of nitrogens with two attached hydrogens (primary N) is 1. The topological polar surface area (TPSA) is 101 Å². The number of aryl methyl sites for hydroxylation is 1. The van der Waals surface area contributed by atoms with Gasteiger partial charge in [-0.1, -0.05) is 0 Å². The fourth-order valence-corrected chi connectivity index (χ4v) is 1.28. The second kappa shape index (κ2) is 5.35. The van der Waals surface area contributed by atoms with Crippen LogP contribution >= 0.6 is 0 Å². The van der Waals surface area contributed by atoms with Gasteiger partial charge in [-0.25, -0.2) is 4.79 Å². The van der Waals surface area contributed by atoms with Gasteiger partial charge in [0.05, 0.1) is 5.69 Å². The SMILES string of the molecule is Nc1cn(CCCCCO)nc1C(=O)O. The average molecular weight is 213 g/mol. The summed E-state index contributed by atoms with van der Waals surface area (Å²) in [6.45, 7) is 0.805. The molecule has 0 aliphatic heterocycles. The molecule has 0 saturated carbocycles. The van der Waals surface area contributed by atoms with Crippen molar-refractivity contribution >= 4 is 11.7 Å². The zero-order chi connectivity index (χ0) is 11.3. The molecule has 0 atom stereocenters. The van der Waals surface area contributed by atoms with Crippen molar-refractivity contribution in [1.29, 1.82) is 0 Å². The van der Waals surface area contributed by atoms with Crippen LogP contribution in [-0.4, -0.2) is 32.6 Å². The Bertz CT molecular complexity index is 335. The van der Waals surface area contributed by atoms with Crippen LogP contribution in [0.3, 0.4) is 0 Å². The molecular weight excluding hydrogens is 198 g/mol. The fourth-order valence-electron chi connectivity index (χ4n) is 1.28. The molecule has 0 aromatic carbocycles. The highest BCUT2D eigenvalue weighted by molar-refractivity contribution is 5.91. The van der Waals surface area contributed by atoms with Crippen molar-refractivity contribution in [3.63, 3.8) is 0 Å². The van der Waals surface area contributed by atoms with Crippen LogP contribution in [0.4, 0.5) is 5.69 Å². The molecule has 0 amide bonds. The first-order chi connectivity index (χ1) is 7.15. The zero-order valence-corrected chi connectivity index (χ0v) is 8.39. The smallest absolute Gasteiger partial charge is 0.358 e. The van der Waals surface area contributed by atoms with E-state index in [1.807, 2.05) is 0 Å². The summed E-state index contributed by atoms with van der Waals surface area (Å²) in [5.41, 5.74) is 5.55. The second-order valence-electron chi connectivity index (χ2n) is 3.29. The van der Waals surface area contributed by atoms with E-state index in [1.54, 1.807) is 0 Å². The third-order valence-electron chi connectivity index (χ3n) is 2.04. The van der Waals surface area contributed by atoms with E-state index >= 15 is 0 Å². The molecule has 0 bridgehead atoms. The molecule has 84 valence electrons. The van der Waals surface area contributed by atoms with Gasteiger partial charge in [0.1, 0.15) is 0 Å². The number of anilines is 1. The van der Waals surface area contributed by atoms with Crippen LogP contribution in [0.1, 0.15) is 29.8 Å². The van der Waals surface area contributed by atoms with Crippen molar-refractivity contribution in [1.82, 2.24) is 9.78 Å². The molecule has 0 spiro atoms. The summed E-state index contributed by atoms with van der Waals surface area (Å²) in [6, 6.07) is 0. The van der Waals surface area contributed by atoms with Crippen molar-refractivity contribution in [2.75, 3.05) is 12.3 Å². The number of nitrogen functional groups attached to an aromatic ring is 1. The van der Waals surface area contributed by atoms with E-state index in [4.69, 9.17) is 15.9 Å². The third-order valence-corrected chi connectivity index (χ3v) is 2.04. The lowest BCUT2D eigenvalue weighted by atomic mass is 10.2. The molecule has 0 unspecified atom stereocenters. The van der Waals surface area contributed by atoms with E-state index in [0.717, 1.165) is 19.3 Å². The molecule has 0 aliphatic rings. The Kier molecular flexibility index (Phi) is 4.11. The van der Waals surface area contributed by atoms with Gasteiger partial charge in [0, 0.05) is 19.3 Å². The Morgan fingerprint density at radius 3 is 2.73 bits per heavy atom. The first-order valence-electron chi connectivity index (χ1n) is 4.82. The Hall–Kier alpha value is -1.56. The van der Waals surface area contributed by atoms with E-state index < -0.39 is 5.97 Å². The number of aliphatic hydroxyl groups excluding tert-OH is 1. The number of rotatable bonds is 6. The van der Waals surface area contributed by atoms with Crippen molar-refractivity contribution in [2.45, 2.75) is 25.8 Å². The molecule has 0 aliphatic carbocycles. The minimum Gasteiger partial charge on any atom is -0.476 e. The highest BCUT2D eigenvalue weighted by Gasteiger charge is 2.12. The maximum absolute atomic E-state index is 10.6. The van der Waals surface area contributed by atoms with Gasteiger partial charge in [-0.15, -0.1) is 0 Å². The molecule has 1 rings (SSSR count). The number of aliphatic hydroxyl groups is 1. The molecule has 6 heteroatoms. The second-order valence-corrected chi connectivity index (χ2v) is 3.29. The van der Waals surface area contributed by atoms with Gasteiger partial charge in [-0.3, -0.25) is 4.68 Å². The van der Waals surface area contributed by atoms with Crippen molar-refractivity contribution in [2.24, 2.45) is 0 Å². The maximum Gasteiger partial charge on any atom is 0.358 e. The summed E-state index contributed by atoms with van der Waals surface area (Å²) in [5, 5.41) is 21.1. The normalized spacial score (nSPS) is 10.5. The van der Waals surface area contributed by atoms with Gasteiger partial charge in [0.25, 0.3) is 0 Å². The van der Waals surface area contributed by atoms with Gasteiger partial charge >= 0.3 is 5.97 Å². The number of carboxylic acids is 1. The molecule has 6 nitrogen and oxygen atoms in total. The molecule has 15 heavy (non-hydrogen) atoms. The number of hydrogen-bond acceptors (Lipinski definition) is 4. The molecule has 1 aromatic heterocycles. The summed E-state index contributed by atoms with van der Waals surface area (Å²) in [4.78, 5) is 10.6. The van der Waals surface area contributed by atoms with Crippen LogP contribution in [0.2, 0.25) is 0 Å². The number of unbranched alkanes of at least 4 members (excludes halogenated alkanes) is 2. The van der Waals surface area contributed by atoms with E-state index in [1.165, 1.54) is 10.9 Å². The van der Waals surface area contributed by atoms with Gasteiger partial charge in [-0.2, -0.15) is 5.10 Å². The van der Waals surface area contributed by atoms with Crippen LogP contribution in [0.15, 0.2) is 6.20 Å². The lowest BCUT2D eigenvalue weighted by molar-refractivity contribution is 0.0690. The number of hydrogen-bond donors (Lipinski definition) is 3. The first kappa shape index (κ1) is 11.5. The minimum atomic E-state index is -1.11. The molecule has 0 saturated heterocycles. The summed E-state index contributed by atoms with van der Waals surface area (Å²) in [5.74, 6) is -1.11. The number of aromatic carboxylic acids is 1. The van der Waals surface area contributed by atoms with Crippen molar-refractivity contribution in [3.05, 3.63) is 11.9 Å². The highest BCUT2D eigenvalue weighted by Crippen LogP contribution is 2.09. The Morgan fingerprint density at radius 1 is 1.47 bits per heavy atom. The number of carboxylic acid groups (broad SMARTS) is 1. The van der Waals surface area contributed by atoms with E-state index in [-0.39, 0.29) is 18.0 Å². The Labute approximate surface area is 87.3 Å². The van der Waals surface area contributed by atoms with E-state index in [9.17, 15) is 4.79 Å². The van der Waals surface area contributed by atoms with Crippen molar-refractivity contribution in [3.8, 4) is 0 Å². The quantitative estimate of drug-likeness (QED) is 0.591. The minimum absolute atomic E-state index is 0.0999. The molecule has 0 radical (unpaired) electrons. The maximum atomic E-state index is 10.6. The number of carbonyl (C=O) groups is 1. The summed E-state index contributed by atoms with van der Waals surface area (Å²) < 4.78 is 1.52. The van der Waals surface area contributed by atoms with Crippen molar-refractivity contribution < 1.29 is 15.0 Å². The van der Waals surface area contributed by atoms with Crippen LogP contribution in [0.5, 0.6) is 0 Å². The van der Waals surface area contributed by atoms with E-state index in [2.05, 4.69) is 5.10 Å². The van der Waals surface area contributed by atoms with Gasteiger partial charge < -0.3 is 15.9 Å². The van der Waals surface area contributed by atoms with E-state index in [0.29, 0.717) is 6.54 Å². The molecule has 4 N–H and O–H groups in total. The fraction of sp³-hybridized carbons (Fsp3) is 0.556. The first-order valence-corrected chi connectivity index (χ1v) is 4.82. The van der Waals surface area contributed by atoms with Gasteiger partial charge in [-0.05, 0) is 19.3 Å². The molecule has 1 aromatic rings. The highest BCUT2D eigenvalue weighted by atomic mass is 16.4. The summed E-state index contributed by atoms with van der Waals surface area (Å²) in [7, 11) is 0. The molecular formula is C9H15N3O3. The monoisotopic (exact) mass is 213 g/mol. The average Bonchev–Trinajstić information content (AvgIpc) is 2.55.